The number of esters is 1. The van der Waals surface area contributed by atoms with Crippen molar-refractivity contribution in [2.75, 3.05) is 5.75 Å². The summed E-state index contributed by atoms with van der Waals surface area (Å²) < 4.78 is 5.35. The van der Waals surface area contributed by atoms with Crippen LogP contribution < -0.4 is 4.74 Å². The summed E-state index contributed by atoms with van der Waals surface area (Å²) in [5.41, 5.74) is 1.31. The molecule has 1 aliphatic carbocycles. The van der Waals surface area contributed by atoms with E-state index in [2.05, 4.69) is 0 Å². The summed E-state index contributed by atoms with van der Waals surface area (Å²) >= 11 is 1.11. The Balaban J connectivity index is 1.54. The van der Waals surface area contributed by atoms with Gasteiger partial charge < -0.3 is 4.74 Å². The van der Waals surface area contributed by atoms with Crippen LogP contribution in [0.1, 0.15) is 43.6 Å². The fourth-order valence-corrected chi connectivity index (χ4v) is 4.07. The lowest BCUT2D eigenvalue weighted by Gasteiger charge is -2.22. The molecule has 0 radical (unpaired) electrons. The lowest BCUT2D eigenvalue weighted by atomic mass is 9.84. The normalized spacial score (nSPS) is 14.8. The molecule has 5 nitrogen and oxygen atoms in total. The van der Waals surface area contributed by atoms with Crippen molar-refractivity contribution in [3.63, 3.8) is 0 Å². The number of thioether (sulfide) groups is 1. The van der Waals surface area contributed by atoms with E-state index in [1.54, 1.807) is 18.2 Å². The Morgan fingerprint density at radius 2 is 1.77 bits per heavy atom. The minimum Gasteiger partial charge on any atom is -0.426 e. The molecule has 0 amide bonds. The summed E-state index contributed by atoms with van der Waals surface area (Å²) in [6, 6.07) is 14.1. The van der Waals surface area contributed by atoms with Gasteiger partial charge in [0.2, 0.25) is 0 Å². The predicted octanol–water partition coefficient (Wildman–Crippen LogP) is 5.34. The zero-order chi connectivity index (χ0) is 18.4. The van der Waals surface area contributed by atoms with Crippen molar-refractivity contribution < 1.29 is 14.5 Å². The van der Waals surface area contributed by atoms with Crippen LogP contribution in [-0.4, -0.2) is 16.6 Å². The second-order valence-electron chi connectivity index (χ2n) is 6.39. The summed E-state index contributed by atoms with van der Waals surface area (Å²) in [5.74, 6) is 0.730. The van der Waals surface area contributed by atoms with Crippen LogP contribution >= 0.6 is 11.8 Å². The molecule has 0 N–H and O–H groups in total. The van der Waals surface area contributed by atoms with Crippen LogP contribution in [0.5, 0.6) is 5.75 Å². The monoisotopic (exact) mass is 371 g/mol. The Morgan fingerprint density at radius 3 is 2.46 bits per heavy atom. The fourth-order valence-electron chi connectivity index (χ4n) is 3.27. The van der Waals surface area contributed by atoms with E-state index in [1.807, 2.05) is 24.3 Å². The molecule has 0 spiro atoms. The quantitative estimate of drug-likeness (QED) is 0.225. The molecule has 0 atom stereocenters. The van der Waals surface area contributed by atoms with Gasteiger partial charge in [0.25, 0.3) is 5.69 Å². The van der Waals surface area contributed by atoms with Gasteiger partial charge in [-0.25, -0.2) is 0 Å². The van der Waals surface area contributed by atoms with Gasteiger partial charge in [-0.15, -0.1) is 11.8 Å². The highest BCUT2D eigenvalue weighted by Gasteiger charge is 2.17. The molecule has 26 heavy (non-hydrogen) atoms. The third-order valence-corrected chi connectivity index (χ3v) is 5.63. The van der Waals surface area contributed by atoms with Crippen LogP contribution in [0.25, 0.3) is 0 Å². The van der Waals surface area contributed by atoms with Crippen LogP contribution in [0.3, 0.4) is 0 Å². The maximum Gasteiger partial charge on any atom is 0.321 e. The van der Waals surface area contributed by atoms with Crippen LogP contribution in [-0.2, 0) is 4.79 Å². The van der Waals surface area contributed by atoms with E-state index in [1.165, 1.54) is 43.7 Å². The summed E-state index contributed by atoms with van der Waals surface area (Å²) in [5, 5.41) is 11.0. The molecule has 0 heterocycles. The average molecular weight is 371 g/mol. The van der Waals surface area contributed by atoms with Crippen molar-refractivity contribution in [2.24, 2.45) is 0 Å². The molecule has 0 saturated heterocycles. The third-order valence-electron chi connectivity index (χ3n) is 4.60. The number of hydrogen-bond acceptors (Lipinski definition) is 5. The molecule has 3 rings (SSSR count). The van der Waals surface area contributed by atoms with Gasteiger partial charge in [-0.1, -0.05) is 43.5 Å². The molecule has 1 saturated carbocycles. The highest BCUT2D eigenvalue weighted by Crippen LogP contribution is 2.33. The van der Waals surface area contributed by atoms with Gasteiger partial charge in [0.05, 0.1) is 15.6 Å². The molecular formula is C20H21NO4S. The Labute approximate surface area is 156 Å². The number of nitro groups is 1. The molecule has 0 bridgehead atoms. The largest absolute Gasteiger partial charge is 0.426 e. The van der Waals surface area contributed by atoms with Crippen molar-refractivity contribution in [1.29, 1.82) is 0 Å². The molecule has 2 aromatic carbocycles. The Morgan fingerprint density at radius 1 is 1.08 bits per heavy atom. The van der Waals surface area contributed by atoms with E-state index in [0.29, 0.717) is 16.6 Å². The first kappa shape index (κ1) is 18.5. The summed E-state index contributed by atoms with van der Waals surface area (Å²) in [4.78, 5) is 23.0. The maximum absolute atomic E-state index is 12.0. The van der Waals surface area contributed by atoms with Gasteiger partial charge >= 0.3 is 5.97 Å². The number of carbonyl (C=O) groups excluding carboxylic acids is 1. The van der Waals surface area contributed by atoms with Gasteiger partial charge in [-0.05, 0) is 42.5 Å². The van der Waals surface area contributed by atoms with E-state index in [0.717, 1.165) is 11.8 Å². The Hall–Kier alpha value is -2.34. The molecule has 0 aliphatic heterocycles. The topological polar surface area (TPSA) is 69.4 Å². The zero-order valence-corrected chi connectivity index (χ0v) is 15.2. The smallest absolute Gasteiger partial charge is 0.321 e. The van der Waals surface area contributed by atoms with Gasteiger partial charge in [-0.2, -0.15) is 0 Å². The van der Waals surface area contributed by atoms with Crippen LogP contribution in [0.4, 0.5) is 5.69 Å². The number of rotatable bonds is 6. The minimum absolute atomic E-state index is 0.00198. The minimum atomic E-state index is -0.447. The lowest BCUT2D eigenvalue weighted by Crippen LogP contribution is -2.11. The SMILES string of the molecule is O=C(CSc1ccccc1[N+](=O)[O-])Oc1ccc(C2CCCCC2)cc1. The molecule has 1 aliphatic rings. The number of para-hydroxylation sites is 1. The first-order valence-corrected chi connectivity index (χ1v) is 9.79. The van der Waals surface area contributed by atoms with E-state index in [9.17, 15) is 14.9 Å². The van der Waals surface area contributed by atoms with E-state index >= 15 is 0 Å². The number of nitro benzene ring substituents is 1. The third kappa shape index (κ3) is 4.85. The van der Waals surface area contributed by atoms with Crippen LogP contribution in [0, 0.1) is 10.1 Å². The summed E-state index contributed by atoms with van der Waals surface area (Å²) in [6.07, 6.45) is 6.34. The molecule has 0 aromatic heterocycles. The number of nitrogens with zero attached hydrogens (tertiary/aromatic N) is 1. The molecule has 136 valence electrons. The lowest BCUT2D eigenvalue weighted by molar-refractivity contribution is -0.387. The Bertz CT molecular complexity index is 770. The molecule has 6 heteroatoms. The zero-order valence-electron chi connectivity index (χ0n) is 14.4. The highest BCUT2D eigenvalue weighted by atomic mass is 32.2. The van der Waals surface area contributed by atoms with Gasteiger partial charge in [0, 0.05) is 6.07 Å². The van der Waals surface area contributed by atoms with Gasteiger partial charge in [-0.3, -0.25) is 14.9 Å². The first-order valence-electron chi connectivity index (χ1n) is 8.80. The van der Waals surface area contributed by atoms with Crippen molar-refractivity contribution in [1.82, 2.24) is 0 Å². The van der Waals surface area contributed by atoms with Crippen LogP contribution in [0.2, 0.25) is 0 Å². The molecule has 0 unspecified atom stereocenters. The van der Waals surface area contributed by atoms with Gasteiger partial charge in [0.15, 0.2) is 0 Å². The number of ether oxygens (including phenoxy) is 1. The summed E-state index contributed by atoms with van der Waals surface area (Å²) in [6.45, 7) is 0. The second kappa shape index (κ2) is 8.85. The maximum atomic E-state index is 12.0. The fraction of sp³-hybridized carbons (Fsp3) is 0.350. The molecule has 1 fully saturated rings. The molecular weight excluding hydrogens is 350 g/mol. The van der Waals surface area contributed by atoms with Crippen molar-refractivity contribution in [2.45, 2.75) is 42.9 Å². The van der Waals surface area contributed by atoms with Crippen molar-refractivity contribution in [3.8, 4) is 5.75 Å². The van der Waals surface area contributed by atoms with Crippen LogP contribution in [0.15, 0.2) is 53.4 Å². The van der Waals surface area contributed by atoms with E-state index in [4.69, 9.17) is 4.74 Å². The summed E-state index contributed by atoms with van der Waals surface area (Å²) in [7, 11) is 0. The van der Waals surface area contributed by atoms with Crippen molar-refractivity contribution >= 4 is 23.4 Å². The first-order chi connectivity index (χ1) is 12.6. The second-order valence-corrected chi connectivity index (χ2v) is 7.41. The van der Waals surface area contributed by atoms with Crippen molar-refractivity contribution in [3.05, 3.63) is 64.2 Å². The van der Waals surface area contributed by atoms with E-state index in [-0.39, 0.29) is 11.4 Å². The standard InChI is InChI=1S/C20H21NO4S/c22-20(14-26-19-9-5-4-8-18(19)21(23)24)25-17-12-10-16(11-13-17)15-6-2-1-3-7-15/h4-5,8-13,15H,1-3,6-7,14H2. The number of benzene rings is 2. The van der Waals surface area contributed by atoms with E-state index < -0.39 is 10.9 Å². The number of hydrogen-bond donors (Lipinski definition) is 0. The Kier molecular flexibility index (Phi) is 6.28. The average Bonchev–Trinajstić information content (AvgIpc) is 2.68. The van der Waals surface area contributed by atoms with Gasteiger partial charge in [0.1, 0.15) is 5.75 Å². The number of carbonyl (C=O) groups is 1. The molecule has 2 aromatic rings. The highest BCUT2D eigenvalue weighted by molar-refractivity contribution is 8.00. The predicted molar refractivity (Wildman–Crippen MR) is 102 cm³/mol.